The van der Waals surface area contributed by atoms with Crippen molar-refractivity contribution in [3.05, 3.63) is 53.6 Å². The average Bonchev–Trinajstić information content (AvgIpc) is 2.82. The van der Waals surface area contributed by atoms with Gasteiger partial charge in [-0.15, -0.1) is 0 Å². The molecule has 11 heteroatoms. The average molecular weight is 475 g/mol. The molecule has 1 unspecified atom stereocenters. The molecule has 1 aliphatic heterocycles. The number of methoxy groups -OCH3 is 1. The molecule has 0 spiro atoms. The van der Waals surface area contributed by atoms with E-state index in [1.54, 1.807) is 36.2 Å². The summed E-state index contributed by atoms with van der Waals surface area (Å²) >= 11 is 6.27. The van der Waals surface area contributed by atoms with Crippen LogP contribution in [0.4, 0.5) is 0 Å². The summed E-state index contributed by atoms with van der Waals surface area (Å²) in [5.74, 6) is -0.659. The first kappa shape index (κ1) is 25.9. The van der Waals surface area contributed by atoms with Gasteiger partial charge in [0, 0.05) is 47.8 Å². The van der Waals surface area contributed by atoms with Crippen LogP contribution in [0.15, 0.2) is 37.2 Å². The smallest absolute Gasteiger partial charge is 0.269 e. The number of carbonyl (C=O) groups excluding carboxylic acids is 3. The number of pyridine rings is 1. The zero-order valence-electron chi connectivity index (χ0n) is 19.0. The number of carbonyl (C=O) groups is 3. The van der Waals surface area contributed by atoms with Gasteiger partial charge in [0.05, 0.1) is 17.4 Å². The standard InChI is InChI=1S/C20H21ClN6O3.C2H6O/c1-4-19(29)26-5-6-27(12(2)28)17(10-26)13-7-15(25-18(21)8-13)14-9-16(20(30)22-3)24-11-23-14;1-3-2/h4,7-9,11,17H,1,5-6,10H2,2-3H3,(H,22,30);1-2H3. The number of nitrogens with one attached hydrogen (secondary N) is 1. The minimum atomic E-state index is -0.403. The molecule has 2 aromatic heterocycles. The Balaban J connectivity index is 0.00000122. The van der Waals surface area contributed by atoms with E-state index in [2.05, 4.69) is 31.6 Å². The molecule has 1 aliphatic rings. The summed E-state index contributed by atoms with van der Waals surface area (Å²) in [6.07, 6.45) is 2.53. The molecule has 1 N–H and O–H groups in total. The first-order valence-electron chi connectivity index (χ1n) is 10.1. The topological polar surface area (TPSA) is 118 Å². The van der Waals surface area contributed by atoms with Crippen LogP contribution in [-0.2, 0) is 14.3 Å². The van der Waals surface area contributed by atoms with Gasteiger partial charge in [0.2, 0.25) is 11.8 Å². The van der Waals surface area contributed by atoms with Crippen LogP contribution in [-0.4, -0.2) is 83.4 Å². The van der Waals surface area contributed by atoms with Crippen LogP contribution in [0, 0.1) is 0 Å². The van der Waals surface area contributed by atoms with E-state index in [1.165, 1.54) is 32.4 Å². The van der Waals surface area contributed by atoms with Crippen LogP contribution in [0.1, 0.15) is 29.0 Å². The van der Waals surface area contributed by atoms with Crippen LogP contribution in [0.25, 0.3) is 11.4 Å². The number of amides is 3. The van der Waals surface area contributed by atoms with Gasteiger partial charge in [0.25, 0.3) is 5.91 Å². The summed E-state index contributed by atoms with van der Waals surface area (Å²) < 4.78 is 4.25. The molecule has 0 saturated carbocycles. The Bertz CT molecular complexity index is 1030. The number of piperazine rings is 1. The molecule has 2 aromatic rings. The first-order valence-corrected chi connectivity index (χ1v) is 10.4. The van der Waals surface area contributed by atoms with E-state index < -0.39 is 6.04 Å². The predicted octanol–water partition coefficient (Wildman–Crippen LogP) is 1.73. The number of aromatic nitrogens is 3. The van der Waals surface area contributed by atoms with Crippen molar-refractivity contribution >= 4 is 29.3 Å². The van der Waals surface area contributed by atoms with Gasteiger partial charge in [0.1, 0.15) is 17.2 Å². The normalized spacial score (nSPS) is 15.2. The van der Waals surface area contributed by atoms with E-state index in [4.69, 9.17) is 11.6 Å². The van der Waals surface area contributed by atoms with Crippen LogP contribution in [0.2, 0.25) is 5.15 Å². The molecule has 0 bridgehead atoms. The summed E-state index contributed by atoms with van der Waals surface area (Å²) in [4.78, 5) is 52.0. The maximum absolute atomic E-state index is 12.2. The highest BCUT2D eigenvalue weighted by Gasteiger charge is 2.32. The SMILES string of the molecule is C=CC(=O)N1CCN(C(C)=O)C(c2cc(Cl)nc(-c3cc(C(=O)NC)ncn3)c2)C1.COC. The van der Waals surface area contributed by atoms with Gasteiger partial charge < -0.3 is 19.9 Å². The summed E-state index contributed by atoms with van der Waals surface area (Å²) in [6.45, 7) is 6.14. The Morgan fingerprint density at radius 3 is 2.48 bits per heavy atom. The Labute approximate surface area is 197 Å². The maximum Gasteiger partial charge on any atom is 0.269 e. The van der Waals surface area contributed by atoms with Gasteiger partial charge >= 0.3 is 0 Å². The third-order valence-electron chi connectivity index (χ3n) is 4.86. The summed E-state index contributed by atoms with van der Waals surface area (Å²) in [7, 11) is 4.76. The lowest BCUT2D eigenvalue weighted by Gasteiger charge is -2.41. The second kappa shape index (κ2) is 12.0. The van der Waals surface area contributed by atoms with Crippen LogP contribution >= 0.6 is 11.6 Å². The van der Waals surface area contributed by atoms with Gasteiger partial charge in [0.15, 0.2) is 0 Å². The van der Waals surface area contributed by atoms with E-state index >= 15 is 0 Å². The molecule has 33 heavy (non-hydrogen) atoms. The summed E-state index contributed by atoms with van der Waals surface area (Å²) in [5.41, 5.74) is 1.75. The Morgan fingerprint density at radius 2 is 1.88 bits per heavy atom. The van der Waals surface area contributed by atoms with E-state index in [-0.39, 0.29) is 28.6 Å². The zero-order chi connectivity index (χ0) is 24.5. The second-order valence-corrected chi connectivity index (χ2v) is 7.49. The van der Waals surface area contributed by atoms with Crippen LogP contribution in [0.5, 0.6) is 0 Å². The van der Waals surface area contributed by atoms with Crippen molar-refractivity contribution < 1.29 is 19.1 Å². The van der Waals surface area contributed by atoms with Crippen molar-refractivity contribution in [3.8, 4) is 11.4 Å². The van der Waals surface area contributed by atoms with Crippen molar-refractivity contribution in [1.82, 2.24) is 30.1 Å². The number of ether oxygens (including phenoxy) is 1. The number of rotatable bonds is 4. The maximum atomic E-state index is 12.2. The van der Waals surface area contributed by atoms with Gasteiger partial charge in [-0.25, -0.2) is 15.0 Å². The lowest BCUT2D eigenvalue weighted by molar-refractivity contribution is -0.139. The Kier molecular flexibility index (Phi) is 9.43. The molecule has 10 nitrogen and oxygen atoms in total. The van der Waals surface area contributed by atoms with E-state index in [0.717, 1.165) is 0 Å². The van der Waals surface area contributed by atoms with E-state index in [0.29, 0.717) is 36.6 Å². The molecular weight excluding hydrogens is 448 g/mol. The molecule has 3 heterocycles. The fourth-order valence-corrected chi connectivity index (χ4v) is 3.58. The number of nitrogens with zero attached hydrogens (tertiary/aromatic N) is 5. The highest BCUT2D eigenvalue weighted by atomic mass is 35.5. The molecule has 0 radical (unpaired) electrons. The van der Waals surface area contributed by atoms with Gasteiger partial charge in [-0.1, -0.05) is 18.2 Å². The van der Waals surface area contributed by atoms with E-state index in [1.807, 2.05) is 0 Å². The Hall–Kier alpha value is -3.37. The molecule has 0 aliphatic carbocycles. The van der Waals surface area contributed by atoms with Crippen molar-refractivity contribution in [3.63, 3.8) is 0 Å². The molecule has 3 amide bonds. The van der Waals surface area contributed by atoms with E-state index in [9.17, 15) is 14.4 Å². The highest BCUT2D eigenvalue weighted by Crippen LogP contribution is 2.30. The van der Waals surface area contributed by atoms with Gasteiger partial charge in [-0.3, -0.25) is 14.4 Å². The third kappa shape index (κ3) is 6.56. The van der Waals surface area contributed by atoms with Crippen molar-refractivity contribution in [1.29, 1.82) is 0 Å². The fourth-order valence-electron chi connectivity index (χ4n) is 3.36. The number of halogens is 1. The van der Waals surface area contributed by atoms with Crippen LogP contribution in [0.3, 0.4) is 0 Å². The quantitative estimate of drug-likeness (QED) is 0.529. The molecule has 1 atom stereocenters. The lowest BCUT2D eigenvalue weighted by Crippen LogP contribution is -2.51. The minimum Gasteiger partial charge on any atom is -0.388 e. The van der Waals surface area contributed by atoms with Gasteiger partial charge in [-0.2, -0.15) is 0 Å². The van der Waals surface area contributed by atoms with Gasteiger partial charge in [-0.05, 0) is 29.8 Å². The minimum absolute atomic E-state index is 0.107. The molecule has 1 fully saturated rings. The largest absolute Gasteiger partial charge is 0.388 e. The Morgan fingerprint density at radius 1 is 1.18 bits per heavy atom. The molecule has 1 saturated heterocycles. The zero-order valence-corrected chi connectivity index (χ0v) is 19.8. The van der Waals surface area contributed by atoms with Crippen molar-refractivity contribution in [2.45, 2.75) is 13.0 Å². The summed E-state index contributed by atoms with van der Waals surface area (Å²) in [6, 6.07) is 4.52. The molecule has 0 aromatic carbocycles. The van der Waals surface area contributed by atoms with Crippen molar-refractivity contribution in [2.75, 3.05) is 40.9 Å². The third-order valence-corrected chi connectivity index (χ3v) is 5.06. The number of hydrogen-bond donors (Lipinski definition) is 1. The summed E-state index contributed by atoms with van der Waals surface area (Å²) in [5, 5.41) is 2.72. The monoisotopic (exact) mass is 474 g/mol. The number of hydrogen-bond acceptors (Lipinski definition) is 7. The second-order valence-electron chi connectivity index (χ2n) is 7.10. The molecule has 176 valence electrons. The molecular formula is C22H27ClN6O4. The first-order chi connectivity index (χ1) is 15.7. The van der Waals surface area contributed by atoms with Crippen molar-refractivity contribution in [2.24, 2.45) is 0 Å². The van der Waals surface area contributed by atoms with Crippen LogP contribution < -0.4 is 5.32 Å². The fraction of sp³-hybridized carbons (Fsp3) is 0.364. The molecule has 3 rings (SSSR count). The predicted molar refractivity (Wildman–Crippen MR) is 124 cm³/mol. The lowest BCUT2D eigenvalue weighted by atomic mass is 10.0. The highest BCUT2D eigenvalue weighted by molar-refractivity contribution is 6.29.